The minimum atomic E-state index is 0.527. The summed E-state index contributed by atoms with van der Waals surface area (Å²) in [5, 5.41) is 4.69. The van der Waals surface area contributed by atoms with Crippen molar-refractivity contribution in [2.24, 2.45) is 7.05 Å². The van der Waals surface area contributed by atoms with Crippen LogP contribution in [0.1, 0.15) is 49.2 Å². The molecule has 1 atom stereocenters. The second-order valence-electron chi connectivity index (χ2n) is 5.05. The summed E-state index contributed by atoms with van der Waals surface area (Å²) < 4.78 is 2.07. The molecule has 0 fully saturated rings. The zero-order valence-corrected chi connectivity index (χ0v) is 10.4. The normalized spacial score (nSPS) is 20.3. The summed E-state index contributed by atoms with van der Waals surface area (Å²) in [6.07, 6.45) is 2.42. The molecule has 2 rings (SSSR count). The summed E-state index contributed by atoms with van der Waals surface area (Å²) in [4.78, 5) is 2.28. The van der Waals surface area contributed by atoms with Gasteiger partial charge in [-0.15, -0.1) is 0 Å². The number of nitrogens with zero attached hydrogens (tertiary/aromatic N) is 3. The molecule has 1 aliphatic rings. The number of aryl methyl sites for hydroxylation is 1. The van der Waals surface area contributed by atoms with Gasteiger partial charge in [0.15, 0.2) is 0 Å². The highest BCUT2D eigenvalue weighted by molar-refractivity contribution is 5.35. The Hall–Kier alpha value is -0.830. The molecule has 15 heavy (non-hydrogen) atoms. The maximum absolute atomic E-state index is 4.69. The van der Waals surface area contributed by atoms with E-state index >= 15 is 0 Å². The van der Waals surface area contributed by atoms with Crippen LogP contribution in [-0.2, 0) is 13.5 Å². The molecule has 0 spiro atoms. The van der Waals surface area contributed by atoms with Gasteiger partial charge in [-0.2, -0.15) is 5.10 Å². The van der Waals surface area contributed by atoms with E-state index in [9.17, 15) is 0 Å². The number of aromatic nitrogens is 2. The molecule has 84 valence electrons. The zero-order valence-electron chi connectivity index (χ0n) is 10.4. The molecule has 3 nitrogen and oxygen atoms in total. The molecular weight excluding hydrogens is 186 g/mol. The quantitative estimate of drug-likeness (QED) is 0.740. The third kappa shape index (κ3) is 1.59. The van der Waals surface area contributed by atoms with Gasteiger partial charge < -0.3 is 4.90 Å². The maximum atomic E-state index is 4.69. The summed E-state index contributed by atoms with van der Waals surface area (Å²) >= 11 is 0. The first kappa shape index (κ1) is 10.7. The van der Waals surface area contributed by atoms with Crippen LogP contribution in [0.5, 0.6) is 0 Å². The summed E-state index contributed by atoms with van der Waals surface area (Å²) in [7, 11) is 6.35. The summed E-state index contributed by atoms with van der Waals surface area (Å²) in [6.45, 7) is 4.50. The molecule has 0 amide bonds. The highest BCUT2D eigenvalue weighted by atomic mass is 15.3. The summed E-state index contributed by atoms with van der Waals surface area (Å²) in [5.74, 6) is 0.576. The van der Waals surface area contributed by atoms with Gasteiger partial charge in [-0.05, 0) is 38.4 Å². The van der Waals surface area contributed by atoms with Crippen LogP contribution in [0.25, 0.3) is 0 Å². The Kier molecular flexibility index (Phi) is 2.59. The Balaban J connectivity index is 2.44. The highest BCUT2D eigenvalue weighted by Crippen LogP contribution is 2.37. The first-order chi connectivity index (χ1) is 7.02. The molecule has 0 radical (unpaired) electrons. The third-order valence-electron chi connectivity index (χ3n) is 3.38. The first-order valence-corrected chi connectivity index (χ1v) is 5.74. The van der Waals surface area contributed by atoms with Crippen LogP contribution in [0.2, 0.25) is 0 Å². The molecule has 1 aromatic heterocycles. The minimum absolute atomic E-state index is 0.527. The largest absolute Gasteiger partial charge is 0.301 e. The number of rotatable bonds is 2. The lowest BCUT2D eigenvalue weighted by molar-refractivity contribution is 0.291. The van der Waals surface area contributed by atoms with Gasteiger partial charge in [-0.1, -0.05) is 13.8 Å². The predicted molar refractivity (Wildman–Crippen MR) is 62.0 cm³/mol. The SMILES string of the molecule is CC(C)c1c2c(nn1C)C(N(C)C)CC2. The molecule has 0 aliphatic heterocycles. The van der Waals surface area contributed by atoms with Crippen LogP contribution < -0.4 is 0 Å². The Morgan fingerprint density at radius 2 is 2.07 bits per heavy atom. The van der Waals surface area contributed by atoms with Gasteiger partial charge >= 0.3 is 0 Å². The second kappa shape index (κ2) is 3.63. The fourth-order valence-corrected chi connectivity index (χ4v) is 2.77. The van der Waals surface area contributed by atoms with Crippen molar-refractivity contribution < 1.29 is 0 Å². The molecule has 0 saturated heterocycles. The van der Waals surface area contributed by atoms with Crippen LogP contribution in [0.4, 0.5) is 0 Å². The van der Waals surface area contributed by atoms with E-state index in [0.29, 0.717) is 12.0 Å². The van der Waals surface area contributed by atoms with Gasteiger partial charge in [-0.3, -0.25) is 4.68 Å². The van der Waals surface area contributed by atoms with E-state index in [0.717, 1.165) is 0 Å². The van der Waals surface area contributed by atoms with Gasteiger partial charge in [0.05, 0.1) is 11.7 Å². The van der Waals surface area contributed by atoms with Crippen LogP contribution in [0.3, 0.4) is 0 Å². The van der Waals surface area contributed by atoms with Gasteiger partial charge in [0.2, 0.25) is 0 Å². The van der Waals surface area contributed by atoms with Crippen molar-refractivity contribution in [2.45, 2.75) is 38.6 Å². The predicted octanol–water partition coefficient (Wildman–Crippen LogP) is 2.09. The lowest BCUT2D eigenvalue weighted by atomic mass is 10.0. The lowest BCUT2D eigenvalue weighted by Gasteiger charge is -2.17. The monoisotopic (exact) mass is 207 g/mol. The number of hydrogen-bond donors (Lipinski definition) is 0. The molecule has 1 heterocycles. The summed E-state index contributed by atoms with van der Waals surface area (Å²) in [6, 6.07) is 0.527. The van der Waals surface area contributed by atoms with Crippen molar-refractivity contribution >= 4 is 0 Å². The van der Waals surface area contributed by atoms with E-state index < -0.39 is 0 Å². The van der Waals surface area contributed by atoms with E-state index in [1.807, 2.05) is 0 Å². The number of fused-ring (bicyclic) bond motifs is 1. The number of hydrogen-bond acceptors (Lipinski definition) is 2. The van der Waals surface area contributed by atoms with E-state index in [1.54, 1.807) is 0 Å². The molecular formula is C12H21N3. The maximum Gasteiger partial charge on any atom is 0.0830 e. The van der Waals surface area contributed by atoms with Crippen molar-refractivity contribution in [1.82, 2.24) is 14.7 Å². The zero-order chi connectivity index (χ0) is 11.2. The van der Waals surface area contributed by atoms with Crippen molar-refractivity contribution in [2.75, 3.05) is 14.1 Å². The van der Waals surface area contributed by atoms with Gasteiger partial charge in [-0.25, -0.2) is 0 Å². The minimum Gasteiger partial charge on any atom is -0.301 e. The molecule has 1 aliphatic carbocycles. The van der Waals surface area contributed by atoms with Crippen molar-refractivity contribution in [3.05, 3.63) is 17.0 Å². The van der Waals surface area contributed by atoms with Crippen LogP contribution >= 0.6 is 0 Å². The van der Waals surface area contributed by atoms with E-state index in [-0.39, 0.29) is 0 Å². The summed E-state index contributed by atoms with van der Waals surface area (Å²) in [5.41, 5.74) is 4.24. The average Bonchev–Trinajstić information content (AvgIpc) is 2.59. The molecule has 0 bridgehead atoms. The van der Waals surface area contributed by atoms with Gasteiger partial charge in [0.1, 0.15) is 0 Å². The van der Waals surface area contributed by atoms with Crippen molar-refractivity contribution in [3.8, 4) is 0 Å². The standard InChI is InChI=1S/C12H21N3/c1-8(2)12-9-6-7-10(14(3)4)11(9)13-15(12)5/h8,10H,6-7H2,1-5H3. The van der Waals surface area contributed by atoms with Crippen LogP contribution in [-0.4, -0.2) is 28.8 Å². The fourth-order valence-electron chi connectivity index (χ4n) is 2.77. The first-order valence-electron chi connectivity index (χ1n) is 5.74. The Labute approximate surface area is 92.1 Å². The Morgan fingerprint density at radius 3 is 2.60 bits per heavy atom. The van der Waals surface area contributed by atoms with Crippen LogP contribution in [0.15, 0.2) is 0 Å². The Morgan fingerprint density at radius 1 is 1.40 bits per heavy atom. The molecule has 0 saturated carbocycles. The van der Waals surface area contributed by atoms with E-state index in [4.69, 9.17) is 5.10 Å². The van der Waals surface area contributed by atoms with Gasteiger partial charge in [0, 0.05) is 12.7 Å². The van der Waals surface area contributed by atoms with Crippen LogP contribution in [0, 0.1) is 0 Å². The average molecular weight is 207 g/mol. The molecule has 1 unspecified atom stereocenters. The molecule has 0 aromatic carbocycles. The smallest absolute Gasteiger partial charge is 0.0830 e. The topological polar surface area (TPSA) is 21.1 Å². The third-order valence-corrected chi connectivity index (χ3v) is 3.38. The lowest BCUT2D eigenvalue weighted by Crippen LogP contribution is -2.18. The van der Waals surface area contributed by atoms with Crippen molar-refractivity contribution in [3.63, 3.8) is 0 Å². The fraction of sp³-hybridized carbons (Fsp3) is 0.750. The molecule has 0 N–H and O–H groups in total. The van der Waals surface area contributed by atoms with Gasteiger partial charge in [0.25, 0.3) is 0 Å². The van der Waals surface area contributed by atoms with Crippen molar-refractivity contribution in [1.29, 1.82) is 0 Å². The Bertz CT molecular complexity index is 363. The highest BCUT2D eigenvalue weighted by Gasteiger charge is 2.31. The molecule has 1 aromatic rings. The molecule has 3 heteroatoms. The van der Waals surface area contributed by atoms with E-state index in [1.165, 1.54) is 29.8 Å². The van der Waals surface area contributed by atoms with E-state index in [2.05, 4.69) is 44.6 Å². The second-order valence-corrected chi connectivity index (χ2v) is 5.05.